The Kier molecular flexibility index (Phi) is 17.6. The Balaban J connectivity index is 1.40. The quantitative estimate of drug-likeness (QED) is 0.0427. The number of carbonyl (C=O) groups is 6. The van der Waals surface area contributed by atoms with Crippen LogP contribution in [0.25, 0.3) is 11.1 Å². The second-order valence-electron chi connectivity index (χ2n) is 18.8. The molecule has 0 heterocycles. The fourth-order valence-corrected chi connectivity index (χ4v) is 7.02. The maximum absolute atomic E-state index is 14.2. The minimum atomic E-state index is -1.68. The molecule has 4 rings (SSSR count). The van der Waals surface area contributed by atoms with Crippen LogP contribution in [0, 0.1) is 17.5 Å². The Morgan fingerprint density at radius 3 is 1.63 bits per heavy atom. The fourth-order valence-electron chi connectivity index (χ4n) is 7.02. The molecule has 1 aliphatic rings. The van der Waals surface area contributed by atoms with Crippen molar-refractivity contribution in [3.63, 3.8) is 0 Å². The zero-order valence-electron chi connectivity index (χ0n) is 38.5. The van der Waals surface area contributed by atoms with Gasteiger partial charge in [-0.15, -0.1) is 0 Å². The number of carbonyl (C=O) groups excluding carboxylic acids is 6. The zero-order valence-corrected chi connectivity index (χ0v) is 38.5. The van der Waals surface area contributed by atoms with Gasteiger partial charge in [-0.2, -0.15) is 0 Å². The van der Waals surface area contributed by atoms with Crippen molar-refractivity contribution in [3.8, 4) is 11.1 Å². The van der Waals surface area contributed by atoms with Crippen LogP contribution in [0.4, 0.5) is 22.8 Å². The minimum absolute atomic E-state index is 0.00748. The number of fused-ring (bicyclic) bond motifs is 3. The third-order valence-corrected chi connectivity index (χ3v) is 9.70. The molecule has 0 unspecified atom stereocenters. The monoisotopic (exact) mass is 910 g/mol. The van der Waals surface area contributed by atoms with E-state index in [4.69, 9.17) is 18.9 Å². The summed E-state index contributed by atoms with van der Waals surface area (Å²) in [4.78, 5) is 79.0. The van der Waals surface area contributed by atoms with Gasteiger partial charge in [-0.25, -0.2) is 32.3 Å². The smallest absolute Gasteiger partial charge is 0.407 e. The summed E-state index contributed by atoms with van der Waals surface area (Å²) in [5.74, 6) is -7.83. The van der Waals surface area contributed by atoms with Crippen molar-refractivity contribution in [2.24, 2.45) is 0 Å². The van der Waals surface area contributed by atoms with E-state index >= 15 is 0 Å². The van der Waals surface area contributed by atoms with Crippen LogP contribution in [0.5, 0.6) is 0 Å². The molecule has 4 N–H and O–H groups in total. The number of hydrogen-bond donors (Lipinski definition) is 4. The van der Waals surface area contributed by atoms with Gasteiger partial charge in [0, 0.05) is 25.3 Å². The van der Waals surface area contributed by atoms with Crippen molar-refractivity contribution in [2.75, 3.05) is 13.2 Å². The number of benzene rings is 3. The van der Waals surface area contributed by atoms with Crippen LogP contribution < -0.4 is 21.3 Å². The average molecular weight is 911 g/mol. The summed E-state index contributed by atoms with van der Waals surface area (Å²) in [7, 11) is 0. The van der Waals surface area contributed by atoms with Crippen LogP contribution in [-0.2, 0) is 44.5 Å². The molecule has 0 aromatic heterocycles. The summed E-state index contributed by atoms with van der Waals surface area (Å²) in [5, 5.41) is 10.2. The third kappa shape index (κ3) is 16.4. The van der Waals surface area contributed by atoms with Crippen molar-refractivity contribution >= 4 is 35.9 Å². The van der Waals surface area contributed by atoms with Gasteiger partial charge in [0.1, 0.15) is 41.5 Å². The second-order valence-corrected chi connectivity index (χ2v) is 18.8. The predicted molar refractivity (Wildman–Crippen MR) is 235 cm³/mol. The molecule has 0 aliphatic heterocycles. The molecule has 4 amide bonds. The lowest BCUT2D eigenvalue weighted by Gasteiger charge is -2.27. The first-order valence-corrected chi connectivity index (χ1v) is 21.6. The van der Waals surface area contributed by atoms with Gasteiger partial charge in [0.15, 0.2) is 17.5 Å². The topological polar surface area (TPSA) is 187 Å². The molecule has 354 valence electrons. The van der Waals surface area contributed by atoms with Gasteiger partial charge in [-0.05, 0) is 128 Å². The first-order valence-electron chi connectivity index (χ1n) is 21.6. The second kappa shape index (κ2) is 22.2. The summed E-state index contributed by atoms with van der Waals surface area (Å²) < 4.78 is 64.2. The van der Waals surface area contributed by atoms with Gasteiger partial charge in [0.05, 0.1) is 0 Å². The van der Waals surface area contributed by atoms with Crippen molar-refractivity contribution in [1.29, 1.82) is 0 Å². The number of hydrogen-bond acceptors (Lipinski definition) is 10. The third-order valence-electron chi connectivity index (χ3n) is 9.70. The van der Waals surface area contributed by atoms with Crippen LogP contribution in [0.3, 0.4) is 0 Å². The Hall–Kier alpha value is -6.13. The van der Waals surface area contributed by atoms with Gasteiger partial charge in [-0.1, -0.05) is 48.5 Å². The van der Waals surface area contributed by atoms with Crippen LogP contribution in [-0.4, -0.2) is 84.0 Å². The lowest BCUT2D eigenvalue weighted by Crippen LogP contribution is -2.53. The normalized spacial score (nSPS) is 13.8. The van der Waals surface area contributed by atoms with Crippen LogP contribution in [0.2, 0.25) is 0 Å². The number of rotatable bonds is 18. The SMILES string of the molecule is CC(C)(C)OC(=O)CC[C@H](NC(=O)N[C@@H](CCCCNC(=O)[C@H](Cc1cc(F)c(F)c(F)c1)NC(=O)OCC1c2ccccc2-c2ccccc21)C(=O)OC(C)(C)C)C(=O)OC(C)(C)C. The summed E-state index contributed by atoms with van der Waals surface area (Å²) in [6.45, 7) is 14.9. The molecule has 3 aromatic carbocycles. The summed E-state index contributed by atoms with van der Waals surface area (Å²) in [6, 6.07) is 12.0. The Bertz CT molecular complexity index is 2130. The molecule has 0 bridgehead atoms. The summed E-state index contributed by atoms with van der Waals surface area (Å²) >= 11 is 0. The average Bonchev–Trinajstić information content (AvgIpc) is 3.51. The highest BCUT2D eigenvalue weighted by molar-refractivity contribution is 5.88. The molecular formula is C48H61F3N4O10. The maximum atomic E-state index is 14.2. The Labute approximate surface area is 378 Å². The molecule has 17 heteroatoms. The first-order chi connectivity index (χ1) is 30.3. The standard InChI is InChI=1S/C48H61F3N4O10/c1-46(2,3)63-39(56)22-21-37(43(59)65-48(7,8)9)54-44(60)53-36(42(58)64-47(4,5)6)20-14-15-23-52-41(57)38(26-28-24-34(49)40(51)35(50)25-28)55-45(61)62-27-33-31-18-12-10-16-29(31)30-17-11-13-19-32(30)33/h10-13,16-19,24-25,33,36-38H,14-15,20-23,26-27H2,1-9H3,(H,52,57)(H,55,61)(H2,53,54,60)/t36-,37-,38-/m0/s1. The molecule has 1 aliphatic carbocycles. The summed E-state index contributed by atoms with van der Waals surface area (Å²) in [5.41, 5.74) is 1.19. The summed E-state index contributed by atoms with van der Waals surface area (Å²) in [6.07, 6.45) is -1.29. The molecule has 0 saturated heterocycles. The number of nitrogens with one attached hydrogen (secondary N) is 4. The van der Waals surface area contributed by atoms with Gasteiger partial charge in [0.2, 0.25) is 5.91 Å². The minimum Gasteiger partial charge on any atom is -0.460 e. The van der Waals surface area contributed by atoms with Crippen molar-refractivity contribution < 1.29 is 60.9 Å². The van der Waals surface area contributed by atoms with Gasteiger partial charge in [0.25, 0.3) is 0 Å². The largest absolute Gasteiger partial charge is 0.460 e. The van der Waals surface area contributed by atoms with Gasteiger partial charge >= 0.3 is 30.0 Å². The van der Waals surface area contributed by atoms with Crippen molar-refractivity contribution in [3.05, 3.63) is 94.8 Å². The molecule has 3 atom stereocenters. The van der Waals surface area contributed by atoms with E-state index in [1.165, 1.54) is 0 Å². The van der Waals surface area contributed by atoms with Crippen molar-refractivity contribution in [2.45, 2.75) is 142 Å². The van der Waals surface area contributed by atoms with Gasteiger partial charge < -0.3 is 40.2 Å². The molecule has 0 spiro atoms. The number of unbranched alkanes of at least 4 members (excludes halogenated alkanes) is 1. The van der Waals surface area contributed by atoms with E-state index in [9.17, 15) is 41.9 Å². The molecule has 0 radical (unpaired) electrons. The Morgan fingerprint density at radius 2 is 1.12 bits per heavy atom. The predicted octanol–water partition coefficient (Wildman–Crippen LogP) is 7.68. The molecule has 3 aromatic rings. The number of urea groups is 1. The van der Waals surface area contributed by atoms with Crippen LogP contribution >= 0.6 is 0 Å². The number of esters is 3. The van der Waals surface area contributed by atoms with E-state index < -0.39 is 94.7 Å². The van der Waals surface area contributed by atoms with Crippen molar-refractivity contribution in [1.82, 2.24) is 21.3 Å². The molecule has 65 heavy (non-hydrogen) atoms. The first kappa shape index (κ1) is 51.5. The highest BCUT2D eigenvalue weighted by Crippen LogP contribution is 2.44. The van der Waals surface area contributed by atoms with E-state index in [2.05, 4.69) is 21.3 Å². The highest BCUT2D eigenvalue weighted by atomic mass is 19.2. The van der Waals surface area contributed by atoms with Crippen LogP contribution in [0.1, 0.15) is 117 Å². The highest BCUT2D eigenvalue weighted by Gasteiger charge is 2.33. The number of halogens is 3. The van der Waals surface area contributed by atoms with E-state index in [1.54, 1.807) is 62.3 Å². The van der Waals surface area contributed by atoms with E-state index in [-0.39, 0.29) is 56.7 Å². The number of amides is 4. The lowest BCUT2D eigenvalue weighted by atomic mass is 9.98. The number of ether oxygens (including phenoxy) is 4. The molecule has 0 saturated carbocycles. The lowest BCUT2D eigenvalue weighted by molar-refractivity contribution is -0.159. The van der Waals surface area contributed by atoms with E-state index in [0.29, 0.717) is 0 Å². The van der Waals surface area contributed by atoms with E-state index in [0.717, 1.165) is 34.4 Å². The zero-order chi connectivity index (χ0) is 48.3. The maximum Gasteiger partial charge on any atom is 0.407 e. The molecule has 0 fully saturated rings. The molecule has 14 nitrogen and oxygen atoms in total. The Morgan fingerprint density at radius 1 is 0.631 bits per heavy atom. The van der Waals surface area contributed by atoms with E-state index in [1.807, 2.05) is 48.5 Å². The van der Waals surface area contributed by atoms with Crippen LogP contribution in [0.15, 0.2) is 60.7 Å². The fraction of sp³-hybridized carbons (Fsp3) is 0.500. The number of alkyl carbamates (subject to hydrolysis) is 1. The molecular weight excluding hydrogens is 850 g/mol. The van der Waals surface area contributed by atoms with Gasteiger partial charge in [-0.3, -0.25) is 9.59 Å².